The summed E-state index contributed by atoms with van der Waals surface area (Å²) in [6.07, 6.45) is 0. The molecule has 7 heteroatoms. The molecule has 4 aromatic rings. The number of nitrogens with zero attached hydrogens (tertiary/aromatic N) is 2. The summed E-state index contributed by atoms with van der Waals surface area (Å²) in [5, 5.41) is 3.61. The fourth-order valence-corrected chi connectivity index (χ4v) is 3.90. The molecule has 0 unspecified atom stereocenters. The van der Waals surface area contributed by atoms with Crippen LogP contribution in [-0.4, -0.2) is 24.0 Å². The van der Waals surface area contributed by atoms with Crippen LogP contribution in [0.1, 0.15) is 24.2 Å². The standard InChI is InChI=1S/C24H21Cl2N3O2/c1-3-29(4-2)18-9-5-15(6-10-18)24-28-21-14-17(8-12-22(21)31-24)27-23(30)19-11-7-16(25)13-20(19)26/h5-14H,3-4H2,1-2H3,(H,27,30). The first-order valence-electron chi connectivity index (χ1n) is 10.0. The van der Waals surface area contributed by atoms with Crippen molar-refractivity contribution in [3.63, 3.8) is 0 Å². The first-order valence-corrected chi connectivity index (χ1v) is 10.8. The highest BCUT2D eigenvalue weighted by Crippen LogP contribution is 2.28. The van der Waals surface area contributed by atoms with Crippen LogP contribution in [0.4, 0.5) is 11.4 Å². The molecule has 0 aliphatic carbocycles. The smallest absolute Gasteiger partial charge is 0.257 e. The third-order valence-corrected chi connectivity index (χ3v) is 5.61. The van der Waals surface area contributed by atoms with E-state index in [0.29, 0.717) is 38.3 Å². The maximum atomic E-state index is 12.6. The zero-order valence-electron chi connectivity index (χ0n) is 17.2. The first-order chi connectivity index (χ1) is 15.0. The highest BCUT2D eigenvalue weighted by molar-refractivity contribution is 6.37. The summed E-state index contributed by atoms with van der Waals surface area (Å²) in [6, 6.07) is 18.2. The van der Waals surface area contributed by atoms with Crippen LogP contribution in [0.3, 0.4) is 0 Å². The van der Waals surface area contributed by atoms with E-state index in [-0.39, 0.29) is 5.91 Å². The SMILES string of the molecule is CCN(CC)c1ccc(-c2nc3cc(NC(=O)c4ccc(Cl)cc4Cl)ccc3o2)cc1. The van der Waals surface area contributed by atoms with Gasteiger partial charge in [-0.15, -0.1) is 0 Å². The predicted octanol–water partition coefficient (Wildman–Crippen LogP) is 6.90. The minimum atomic E-state index is -0.322. The summed E-state index contributed by atoms with van der Waals surface area (Å²) in [5.74, 6) is 0.210. The quantitative estimate of drug-likeness (QED) is 0.344. The molecule has 4 rings (SSSR count). The van der Waals surface area contributed by atoms with E-state index in [4.69, 9.17) is 27.6 Å². The fourth-order valence-electron chi connectivity index (χ4n) is 3.40. The number of hydrogen-bond donors (Lipinski definition) is 1. The second kappa shape index (κ2) is 9.00. The van der Waals surface area contributed by atoms with Crippen molar-refractivity contribution < 1.29 is 9.21 Å². The monoisotopic (exact) mass is 453 g/mol. The Bertz CT molecular complexity index is 1230. The van der Waals surface area contributed by atoms with Gasteiger partial charge in [-0.2, -0.15) is 0 Å². The first kappa shape index (κ1) is 21.2. The normalized spacial score (nSPS) is 11.0. The van der Waals surface area contributed by atoms with Crippen LogP contribution in [0.2, 0.25) is 10.0 Å². The Morgan fingerprint density at radius 1 is 1.00 bits per heavy atom. The van der Waals surface area contributed by atoms with Gasteiger partial charge in [0, 0.05) is 35.1 Å². The van der Waals surface area contributed by atoms with Gasteiger partial charge in [-0.3, -0.25) is 4.79 Å². The van der Waals surface area contributed by atoms with E-state index in [0.717, 1.165) is 24.3 Å². The number of hydrogen-bond acceptors (Lipinski definition) is 4. The van der Waals surface area contributed by atoms with E-state index in [1.807, 2.05) is 12.1 Å². The molecule has 0 fully saturated rings. The van der Waals surface area contributed by atoms with Gasteiger partial charge in [0.2, 0.25) is 5.89 Å². The van der Waals surface area contributed by atoms with Crippen LogP contribution in [0.5, 0.6) is 0 Å². The summed E-state index contributed by atoms with van der Waals surface area (Å²) in [5.41, 5.74) is 4.30. The van der Waals surface area contributed by atoms with Crippen LogP contribution in [-0.2, 0) is 0 Å². The van der Waals surface area contributed by atoms with E-state index in [2.05, 4.69) is 41.2 Å². The van der Waals surface area contributed by atoms with E-state index >= 15 is 0 Å². The van der Waals surface area contributed by atoms with E-state index < -0.39 is 0 Å². The molecule has 3 aromatic carbocycles. The zero-order chi connectivity index (χ0) is 22.0. The number of carbonyl (C=O) groups is 1. The molecule has 0 aliphatic heterocycles. The van der Waals surface area contributed by atoms with Crippen LogP contribution in [0, 0.1) is 0 Å². The molecule has 0 saturated carbocycles. The Balaban J connectivity index is 1.56. The molecule has 1 N–H and O–H groups in total. The molecule has 1 aromatic heterocycles. The van der Waals surface area contributed by atoms with Gasteiger partial charge >= 0.3 is 0 Å². The number of fused-ring (bicyclic) bond motifs is 1. The number of benzene rings is 3. The minimum Gasteiger partial charge on any atom is -0.436 e. The van der Waals surface area contributed by atoms with Gasteiger partial charge in [0.15, 0.2) is 5.58 Å². The number of amides is 1. The van der Waals surface area contributed by atoms with Crippen molar-refractivity contribution in [2.45, 2.75) is 13.8 Å². The number of carbonyl (C=O) groups excluding carboxylic acids is 1. The molecule has 0 spiro atoms. The van der Waals surface area contributed by atoms with E-state index in [1.54, 1.807) is 30.3 Å². The van der Waals surface area contributed by atoms with E-state index in [1.165, 1.54) is 6.07 Å². The third-order valence-electron chi connectivity index (χ3n) is 5.06. The van der Waals surface area contributed by atoms with Gasteiger partial charge in [0.25, 0.3) is 5.91 Å². The van der Waals surface area contributed by atoms with E-state index in [9.17, 15) is 4.79 Å². The van der Waals surface area contributed by atoms with Gasteiger partial charge in [-0.05, 0) is 74.5 Å². The van der Waals surface area contributed by atoms with Crippen molar-refractivity contribution >= 4 is 51.6 Å². The lowest BCUT2D eigenvalue weighted by Crippen LogP contribution is -2.21. The molecule has 0 bridgehead atoms. The summed E-state index contributed by atoms with van der Waals surface area (Å²) in [4.78, 5) is 19.4. The molecule has 5 nitrogen and oxygen atoms in total. The average Bonchev–Trinajstić information content (AvgIpc) is 3.18. The molecule has 0 saturated heterocycles. The topological polar surface area (TPSA) is 58.4 Å². The molecular formula is C24H21Cl2N3O2. The number of oxazole rings is 1. The number of rotatable bonds is 6. The number of nitrogens with one attached hydrogen (secondary N) is 1. The van der Waals surface area contributed by atoms with Gasteiger partial charge in [0.05, 0.1) is 10.6 Å². The number of aromatic nitrogens is 1. The van der Waals surface area contributed by atoms with Crippen LogP contribution < -0.4 is 10.2 Å². The highest BCUT2D eigenvalue weighted by atomic mass is 35.5. The Labute approximate surface area is 190 Å². The van der Waals surface area contributed by atoms with Crippen LogP contribution >= 0.6 is 23.2 Å². The molecular weight excluding hydrogens is 433 g/mol. The molecule has 31 heavy (non-hydrogen) atoms. The van der Waals surface area contributed by atoms with Gasteiger partial charge in [0.1, 0.15) is 5.52 Å². The average molecular weight is 454 g/mol. The third kappa shape index (κ3) is 4.53. The Morgan fingerprint density at radius 3 is 2.42 bits per heavy atom. The fraction of sp³-hybridized carbons (Fsp3) is 0.167. The second-order valence-corrected chi connectivity index (χ2v) is 7.84. The Hall–Kier alpha value is -3.02. The van der Waals surface area contributed by atoms with Crippen molar-refractivity contribution in [1.82, 2.24) is 4.98 Å². The molecule has 1 heterocycles. The summed E-state index contributed by atoms with van der Waals surface area (Å²) >= 11 is 12.0. The van der Waals surface area contributed by atoms with Crippen LogP contribution in [0.25, 0.3) is 22.6 Å². The molecule has 158 valence electrons. The predicted molar refractivity (Wildman–Crippen MR) is 127 cm³/mol. The lowest BCUT2D eigenvalue weighted by atomic mass is 10.2. The van der Waals surface area contributed by atoms with Gasteiger partial charge < -0.3 is 14.6 Å². The Morgan fingerprint density at radius 2 is 1.74 bits per heavy atom. The zero-order valence-corrected chi connectivity index (χ0v) is 18.7. The van der Waals surface area contributed by atoms with Crippen LogP contribution in [0.15, 0.2) is 65.1 Å². The van der Waals surface area contributed by atoms with Crippen molar-refractivity contribution in [1.29, 1.82) is 0 Å². The Kier molecular flexibility index (Phi) is 6.16. The molecule has 0 radical (unpaired) electrons. The maximum Gasteiger partial charge on any atom is 0.257 e. The lowest BCUT2D eigenvalue weighted by Gasteiger charge is -2.20. The molecule has 0 atom stereocenters. The summed E-state index contributed by atoms with van der Waals surface area (Å²) in [6.45, 7) is 6.17. The van der Waals surface area contributed by atoms with Gasteiger partial charge in [-0.1, -0.05) is 23.2 Å². The maximum absolute atomic E-state index is 12.6. The van der Waals surface area contributed by atoms with Crippen molar-refractivity contribution in [2.24, 2.45) is 0 Å². The lowest BCUT2D eigenvalue weighted by molar-refractivity contribution is 0.102. The molecule has 1 amide bonds. The van der Waals surface area contributed by atoms with Crippen molar-refractivity contribution in [3.8, 4) is 11.5 Å². The second-order valence-electron chi connectivity index (χ2n) is 7.00. The minimum absolute atomic E-state index is 0.294. The van der Waals surface area contributed by atoms with Crippen molar-refractivity contribution in [2.75, 3.05) is 23.3 Å². The van der Waals surface area contributed by atoms with Crippen molar-refractivity contribution in [3.05, 3.63) is 76.3 Å². The number of anilines is 2. The molecule has 0 aliphatic rings. The summed E-state index contributed by atoms with van der Waals surface area (Å²) in [7, 11) is 0. The summed E-state index contributed by atoms with van der Waals surface area (Å²) < 4.78 is 5.91. The highest BCUT2D eigenvalue weighted by Gasteiger charge is 2.13. The van der Waals surface area contributed by atoms with Gasteiger partial charge in [-0.25, -0.2) is 4.98 Å². The number of halogens is 2. The largest absolute Gasteiger partial charge is 0.436 e.